The number of nitrogens with two attached hydrogens (primary N) is 1. The van der Waals surface area contributed by atoms with Gasteiger partial charge in [0.2, 0.25) is 10.0 Å². The molecule has 2 rings (SSSR count). The van der Waals surface area contributed by atoms with Gasteiger partial charge in [0.05, 0.1) is 4.90 Å². The molecular formula is C8H8N2O3S. The monoisotopic (exact) mass is 212 g/mol. The molecule has 5 nitrogen and oxygen atoms in total. The lowest BCUT2D eigenvalue weighted by molar-refractivity contribution is 0.333. The topological polar surface area (TPSA) is 81.8 Å². The van der Waals surface area contributed by atoms with E-state index in [9.17, 15) is 8.42 Å². The zero-order chi connectivity index (χ0) is 10.2. The lowest BCUT2D eigenvalue weighted by atomic mass is 10.1. The Kier molecular flexibility index (Phi) is 2.01. The van der Waals surface area contributed by atoms with Gasteiger partial charge in [-0.2, -0.15) is 0 Å². The van der Waals surface area contributed by atoms with E-state index in [1.165, 1.54) is 12.1 Å². The molecule has 0 amide bonds. The fourth-order valence-corrected chi connectivity index (χ4v) is 1.78. The molecular weight excluding hydrogens is 204 g/mol. The molecule has 0 unspecified atom stereocenters. The predicted molar refractivity (Wildman–Crippen MR) is 50.6 cm³/mol. The molecule has 1 aromatic carbocycles. The number of hydrogen-bond donors (Lipinski definition) is 1. The van der Waals surface area contributed by atoms with Crippen LogP contribution in [0.1, 0.15) is 5.56 Å². The standard InChI is InChI=1S/C8H8N2O3S/c9-14(11,12)7-1-2-8-6(5-7)3-4-10-13-8/h1-2,4-5H,3H2,(H2,9,11,12). The Labute approximate surface area is 81.2 Å². The van der Waals surface area contributed by atoms with Gasteiger partial charge in [-0.25, -0.2) is 13.6 Å². The van der Waals surface area contributed by atoms with Gasteiger partial charge in [-0.1, -0.05) is 5.16 Å². The summed E-state index contributed by atoms with van der Waals surface area (Å²) in [4.78, 5) is 5.02. The molecule has 1 aliphatic rings. The van der Waals surface area contributed by atoms with Crippen LogP contribution in [0.5, 0.6) is 5.75 Å². The summed E-state index contributed by atoms with van der Waals surface area (Å²) in [7, 11) is -3.64. The first-order chi connectivity index (χ1) is 6.57. The zero-order valence-corrected chi connectivity index (χ0v) is 7.99. The molecule has 0 fully saturated rings. The molecule has 2 N–H and O–H groups in total. The first-order valence-corrected chi connectivity index (χ1v) is 5.46. The van der Waals surface area contributed by atoms with Crippen LogP contribution < -0.4 is 9.98 Å². The molecule has 0 aliphatic carbocycles. The van der Waals surface area contributed by atoms with Crippen LogP contribution in [0.15, 0.2) is 28.3 Å². The van der Waals surface area contributed by atoms with Crippen molar-refractivity contribution in [2.24, 2.45) is 10.3 Å². The third kappa shape index (κ3) is 1.61. The second-order valence-corrected chi connectivity index (χ2v) is 4.46. The van der Waals surface area contributed by atoms with Crippen LogP contribution in [0.3, 0.4) is 0 Å². The summed E-state index contributed by atoms with van der Waals surface area (Å²) in [5.74, 6) is 0.569. The maximum Gasteiger partial charge on any atom is 0.238 e. The summed E-state index contributed by atoms with van der Waals surface area (Å²) in [5.41, 5.74) is 0.770. The van der Waals surface area contributed by atoms with Gasteiger partial charge in [-0.15, -0.1) is 0 Å². The number of hydrogen-bond acceptors (Lipinski definition) is 4. The third-order valence-electron chi connectivity index (χ3n) is 1.90. The predicted octanol–water partition coefficient (Wildman–Crippen LogP) is 0.255. The van der Waals surface area contributed by atoms with Crippen molar-refractivity contribution in [2.75, 3.05) is 0 Å². The summed E-state index contributed by atoms with van der Waals surface area (Å²) in [6.07, 6.45) is 2.12. The average molecular weight is 212 g/mol. The van der Waals surface area contributed by atoms with Crippen LogP contribution in [0.2, 0.25) is 0 Å². The number of rotatable bonds is 1. The first kappa shape index (κ1) is 9.17. The van der Waals surface area contributed by atoms with E-state index in [-0.39, 0.29) is 4.90 Å². The van der Waals surface area contributed by atoms with Gasteiger partial charge in [0.15, 0.2) is 5.75 Å². The van der Waals surface area contributed by atoms with Crippen LogP contribution in [0, 0.1) is 0 Å². The van der Waals surface area contributed by atoms with Crippen molar-refractivity contribution in [3.05, 3.63) is 23.8 Å². The van der Waals surface area contributed by atoms with E-state index in [2.05, 4.69) is 5.16 Å². The maximum absolute atomic E-state index is 11.0. The van der Waals surface area contributed by atoms with E-state index in [0.29, 0.717) is 12.2 Å². The van der Waals surface area contributed by atoms with E-state index in [1.807, 2.05) is 0 Å². The maximum atomic E-state index is 11.0. The molecule has 0 radical (unpaired) electrons. The van der Waals surface area contributed by atoms with Gasteiger partial charge in [0.1, 0.15) is 0 Å². The fourth-order valence-electron chi connectivity index (χ4n) is 1.21. The molecule has 0 spiro atoms. The minimum Gasteiger partial charge on any atom is -0.357 e. The molecule has 1 aromatic rings. The summed E-state index contributed by atoms with van der Waals surface area (Å²) >= 11 is 0. The molecule has 74 valence electrons. The van der Waals surface area contributed by atoms with Crippen molar-refractivity contribution in [2.45, 2.75) is 11.3 Å². The highest BCUT2D eigenvalue weighted by Crippen LogP contribution is 2.24. The number of sulfonamides is 1. The highest BCUT2D eigenvalue weighted by molar-refractivity contribution is 7.89. The molecule has 0 saturated heterocycles. The number of benzene rings is 1. The van der Waals surface area contributed by atoms with E-state index in [1.54, 1.807) is 12.3 Å². The molecule has 0 bridgehead atoms. The minimum absolute atomic E-state index is 0.0927. The van der Waals surface area contributed by atoms with Crippen LogP contribution in [0.25, 0.3) is 0 Å². The van der Waals surface area contributed by atoms with Crippen LogP contribution in [-0.4, -0.2) is 14.6 Å². The van der Waals surface area contributed by atoms with Crippen molar-refractivity contribution >= 4 is 16.2 Å². The van der Waals surface area contributed by atoms with Crippen LogP contribution in [-0.2, 0) is 16.4 Å². The number of fused-ring (bicyclic) bond motifs is 1. The lowest BCUT2D eigenvalue weighted by Crippen LogP contribution is -2.13. The Bertz CT molecular complexity index is 493. The number of nitrogens with zero attached hydrogens (tertiary/aromatic N) is 1. The normalized spacial score (nSPS) is 14.6. The Balaban J connectivity index is 2.52. The number of oxime groups is 1. The molecule has 0 aromatic heterocycles. The first-order valence-electron chi connectivity index (χ1n) is 3.92. The Morgan fingerprint density at radius 3 is 2.93 bits per heavy atom. The van der Waals surface area contributed by atoms with Gasteiger partial charge in [-0.05, 0) is 18.2 Å². The summed E-state index contributed by atoms with van der Waals surface area (Å²) in [6, 6.07) is 4.44. The van der Waals surface area contributed by atoms with E-state index in [0.717, 1.165) is 5.56 Å². The fraction of sp³-hybridized carbons (Fsp3) is 0.125. The Morgan fingerprint density at radius 2 is 2.21 bits per heavy atom. The highest BCUT2D eigenvalue weighted by atomic mass is 32.2. The van der Waals surface area contributed by atoms with Crippen molar-refractivity contribution in [3.63, 3.8) is 0 Å². The summed E-state index contributed by atoms with van der Waals surface area (Å²) in [6.45, 7) is 0. The number of primary sulfonamides is 1. The highest BCUT2D eigenvalue weighted by Gasteiger charge is 2.13. The van der Waals surface area contributed by atoms with Gasteiger partial charge < -0.3 is 4.84 Å². The second-order valence-electron chi connectivity index (χ2n) is 2.90. The average Bonchev–Trinajstić information content (AvgIpc) is 2.16. The van der Waals surface area contributed by atoms with E-state index in [4.69, 9.17) is 9.98 Å². The second kappa shape index (κ2) is 3.07. The lowest BCUT2D eigenvalue weighted by Gasteiger charge is -2.10. The van der Waals surface area contributed by atoms with Crippen molar-refractivity contribution in [3.8, 4) is 5.75 Å². The Morgan fingerprint density at radius 1 is 1.43 bits per heavy atom. The Hall–Kier alpha value is -1.40. The van der Waals surface area contributed by atoms with Gasteiger partial charge >= 0.3 is 0 Å². The SMILES string of the molecule is NS(=O)(=O)c1ccc2c(c1)CC=NO2. The third-order valence-corrected chi connectivity index (χ3v) is 2.81. The van der Waals surface area contributed by atoms with E-state index >= 15 is 0 Å². The molecule has 0 saturated carbocycles. The van der Waals surface area contributed by atoms with Gasteiger partial charge in [-0.3, -0.25) is 0 Å². The minimum atomic E-state index is -3.64. The molecule has 14 heavy (non-hydrogen) atoms. The summed E-state index contributed by atoms with van der Waals surface area (Å²) < 4.78 is 22.0. The van der Waals surface area contributed by atoms with Gasteiger partial charge in [0.25, 0.3) is 0 Å². The molecule has 6 heteroatoms. The quantitative estimate of drug-likeness (QED) is 0.724. The largest absolute Gasteiger partial charge is 0.357 e. The smallest absolute Gasteiger partial charge is 0.238 e. The van der Waals surface area contributed by atoms with Crippen molar-refractivity contribution in [1.29, 1.82) is 0 Å². The zero-order valence-electron chi connectivity index (χ0n) is 7.17. The van der Waals surface area contributed by atoms with E-state index < -0.39 is 10.0 Å². The molecule has 1 heterocycles. The summed E-state index contributed by atoms with van der Waals surface area (Å²) in [5, 5.41) is 8.59. The van der Waals surface area contributed by atoms with Crippen molar-refractivity contribution < 1.29 is 13.3 Å². The van der Waals surface area contributed by atoms with Gasteiger partial charge in [0, 0.05) is 18.2 Å². The van der Waals surface area contributed by atoms with Crippen LogP contribution in [0.4, 0.5) is 0 Å². The molecule has 0 atom stereocenters. The molecule has 1 aliphatic heterocycles. The van der Waals surface area contributed by atoms with Crippen molar-refractivity contribution in [1.82, 2.24) is 0 Å². The van der Waals surface area contributed by atoms with Crippen LogP contribution >= 0.6 is 0 Å².